The van der Waals surface area contributed by atoms with Crippen LogP contribution in [0.2, 0.25) is 5.02 Å². The molecule has 0 saturated heterocycles. The zero-order valence-corrected chi connectivity index (χ0v) is 18.1. The van der Waals surface area contributed by atoms with Crippen LogP contribution in [0.1, 0.15) is 29.7 Å². The summed E-state index contributed by atoms with van der Waals surface area (Å²) in [6, 6.07) is 10.4. The van der Waals surface area contributed by atoms with Gasteiger partial charge in [0.25, 0.3) is 5.92 Å². The van der Waals surface area contributed by atoms with Gasteiger partial charge in [0.15, 0.2) is 5.49 Å². The molecule has 3 aromatic rings. The Morgan fingerprint density at radius 2 is 2.00 bits per heavy atom. The number of hydrogen-bond acceptors (Lipinski definition) is 4. The van der Waals surface area contributed by atoms with Gasteiger partial charge in [-0.25, -0.2) is 13.8 Å². The molecule has 31 heavy (non-hydrogen) atoms. The molecule has 1 aromatic heterocycles. The maximum Gasteiger partial charge on any atom is 0.266 e. The number of hydrogen-bond donors (Lipinski definition) is 2. The quantitative estimate of drug-likeness (QED) is 0.214. The van der Waals surface area contributed by atoms with E-state index in [4.69, 9.17) is 27.2 Å². The molecule has 0 unspecified atom stereocenters. The second-order valence-electron chi connectivity index (χ2n) is 7.28. The normalized spacial score (nSPS) is 11.5. The lowest BCUT2D eigenvalue weighted by Crippen LogP contribution is -2.30. The molecule has 8 heteroatoms. The number of halogens is 3. The van der Waals surface area contributed by atoms with Crippen LogP contribution in [0.3, 0.4) is 0 Å². The molecule has 5 nitrogen and oxygen atoms in total. The summed E-state index contributed by atoms with van der Waals surface area (Å²) in [5.74, 6) is -2.51. The Kier molecular flexibility index (Phi) is 6.55. The second kappa shape index (κ2) is 8.98. The van der Waals surface area contributed by atoms with Gasteiger partial charge in [0.2, 0.25) is 0 Å². The first-order valence-corrected chi connectivity index (χ1v) is 10.1. The second-order valence-corrected chi connectivity index (χ2v) is 7.69. The highest BCUT2D eigenvalue weighted by Crippen LogP contribution is 2.25. The summed E-state index contributed by atoms with van der Waals surface area (Å²) in [4.78, 5) is 4.44. The number of alkyl halides is 2. The lowest BCUT2D eigenvalue weighted by atomic mass is 10.1. The van der Waals surface area contributed by atoms with Gasteiger partial charge >= 0.3 is 0 Å². The van der Waals surface area contributed by atoms with Crippen LogP contribution in [0.25, 0.3) is 11.0 Å². The SMILES string of the molecule is C=CC(F)(F)CCCOc1ccc(Cl)c(C(=N)n2c(=N)c(C)nc3ccc(C)cc32)c1. The van der Waals surface area contributed by atoms with E-state index in [9.17, 15) is 8.78 Å². The minimum absolute atomic E-state index is 0.000240. The van der Waals surface area contributed by atoms with Crippen molar-refractivity contribution in [1.82, 2.24) is 9.55 Å². The van der Waals surface area contributed by atoms with Gasteiger partial charge in [0, 0.05) is 12.0 Å². The third-order valence-corrected chi connectivity index (χ3v) is 5.19. The highest BCUT2D eigenvalue weighted by Gasteiger charge is 2.23. The van der Waals surface area contributed by atoms with E-state index >= 15 is 0 Å². The minimum Gasteiger partial charge on any atom is -0.494 e. The van der Waals surface area contributed by atoms with Crippen LogP contribution < -0.4 is 10.2 Å². The third-order valence-electron chi connectivity index (χ3n) is 4.86. The fraction of sp³-hybridized carbons (Fsp3) is 0.261. The fourth-order valence-electron chi connectivity index (χ4n) is 3.15. The van der Waals surface area contributed by atoms with E-state index in [-0.39, 0.29) is 30.8 Å². The van der Waals surface area contributed by atoms with E-state index in [0.29, 0.717) is 39.1 Å². The van der Waals surface area contributed by atoms with Crippen molar-refractivity contribution < 1.29 is 13.5 Å². The van der Waals surface area contributed by atoms with Crippen molar-refractivity contribution in [2.45, 2.75) is 32.6 Å². The number of nitrogens with zero attached hydrogens (tertiary/aromatic N) is 2. The van der Waals surface area contributed by atoms with Crippen LogP contribution in [0, 0.1) is 24.7 Å². The van der Waals surface area contributed by atoms with Gasteiger partial charge < -0.3 is 4.74 Å². The summed E-state index contributed by atoms with van der Waals surface area (Å²) < 4.78 is 33.6. The van der Waals surface area contributed by atoms with Crippen molar-refractivity contribution in [1.29, 1.82) is 10.8 Å². The molecular formula is C23H23ClF2N4O. The van der Waals surface area contributed by atoms with Gasteiger partial charge in [-0.15, -0.1) is 0 Å². The molecular weight excluding hydrogens is 422 g/mol. The van der Waals surface area contributed by atoms with Crippen molar-refractivity contribution in [2.24, 2.45) is 0 Å². The van der Waals surface area contributed by atoms with Crippen molar-refractivity contribution in [3.05, 3.63) is 76.4 Å². The Hall–Kier alpha value is -3.06. The van der Waals surface area contributed by atoms with Crippen LogP contribution in [0.4, 0.5) is 8.78 Å². The van der Waals surface area contributed by atoms with E-state index in [0.717, 1.165) is 5.56 Å². The van der Waals surface area contributed by atoms with Gasteiger partial charge in [0.05, 0.1) is 28.4 Å². The number of nitrogens with one attached hydrogen (secondary N) is 2. The summed E-state index contributed by atoms with van der Waals surface area (Å²) in [6.07, 6.45) is 0.424. The maximum absolute atomic E-state index is 13.3. The number of aromatic nitrogens is 2. The Balaban J connectivity index is 1.93. The minimum atomic E-state index is -2.92. The number of benzene rings is 2. The van der Waals surface area contributed by atoms with Crippen molar-refractivity contribution in [2.75, 3.05) is 6.61 Å². The molecule has 0 radical (unpaired) electrons. The van der Waals surface area contributed by atoms with Gasteiger partial charge in [-0.2, -0.15) is 0 Å². The van der Waals surface area contributed by atoms with Gasteiger partial charge in [-0.3, -0.25) is 15.4 Å². The Morgan fingerprint density at radius 3 is 2.71 bits per heavy atom. The fourth-order valence-corrected chi connectivity index (χ4v) is 3.36. The van der Waals surface area contributed by atoms with E-state index in [2.05, 4.69) is 11.6 Å². The largest absolute Gasteiger partial charge is 0.494 e. The van der Waals surface area contributed by atoms with Crippen LogP contribution >= 0.6 is 11.6 Å². The Labute approximate surface area is 184 Å². The molecule has 1 heterocycles. The monoisotopic (exact) mass is 444 g/mol. The molecule has 0 aliphatic carbocycles. The first kappa shape index (κ1) is 22.6. The lowest BCUT2D eigenvalue weighted by Gasteiger charge is -2.16. The first-order chi connectivity index (χ1) is 14.6. The molecule has 0 saturated carbocycles. The molecule has 0 fully saturated rings. The molecule has 0 aliphatic heterocycles. The lowest BCUT2D eigenvalue weighted by molar-refractivity contribution is 0.0397. The first-order valence-electron chi connectivity index (χ1n) is 9.70. The molecule has 0 bridgehead atoms. The number of fused-ring (bicyclic) bond motifs is 1. The molecule has 3 rings (SSSR count). The highest BCUT2D eigenvalue weighted by atomic mass is 35.5. The van der Waals surface area contributed by atoms with Crippen LogP contribution in [0.5, 0.6) is 5.75 Å². The zero-order chi connectivity index (χ0) is 22.8. The van der Waals surface area contributed by atoms with Crippen molar-refractivity contribution >= 4 is 28.5 Å². The predicted molar refractivity (Wildman–Crippen MR) is 119 cm³/mol. The number of rotatable bonds is 7. The van der Waals surface area contributed by atoms with Gasteiger partial charge in [0.1, 0.15) is 11.6 Å². The predicted octanol–water partition coefficient (Wildman–Crippen LogP) is 5.64. The maximum atomic E-state index is 13.3. The standard InChI is InChI=1S/C23H23ClF2N4O/c1-4-23(25,26)10-5-11-31-16-7-8-18(24)17(13-16)22(28)30-20-12-14(2)6-9-19(20)29-15(3)21(30)27/h4,6-9,12-13,27-28H,1,5,10-11H2,2-3H3. The van der Waals surface area contributed by atoms with E-state index in [1.807, 2.05) is 25.1 Å². The highest BCUT2D eigenvalue weighted by molar-refractivity contribution is 6.34. The van der Waals surface area contributed by atoms with Crippen LogP contribution in [-0.4, -0.2) is 27.9 Å². The van der Waals surface area contributed by atoms with E-state index in [1.165, 1.54) is 4.57 Å². The summed E-state index contributed by atoms with van der Waals surface area (Å²) in [7, 11) is 0. The number of allylic oxidation sites excluding steroid dienone is 1. The molecule has 2 aromatic carbocycles. The number of aryl methyl sites for hydroxylation is 2. The van der Waals surface area contributed by atoms with E-state index < -0.39 is 5.92 Å². The molecule has 162 valence electrons. The average molecular weight is 445 g/mol. The topological polar surface area (TPSA) is 74.8 Å². The van der Waals surface area contributed by atoms with Crippen LogP contribution in [-0.2, 0) is 0 Å². The summed E-state index contributed by atoms with van der Waals surface area (Å²) in [6.45, 7) is 6.85. The molecule has 0 aliphatic rings. The Morgan fingerprint density at radius 1 is 1.26 bits per heavy atom. The van der Waals surface area contributed by atoms with Crippen molar-refractivity contribution in [3.8, 4) is 5.75 Å². The smallest absolute Gasteiger partial charge is 0.266 e. The molecule has 0 amide bonds. The molecule has 2 N–H and O–H groups in total. The average Bonchev–Trinajstić information content (AvgIpc) is 2.73. The summed E-state index contributed by atoms with van der Waals surface area (Å²) >= 11 is 6.36. The Bertz CT molecular complexity index is 1220. The van der Waals surface area contributed by atoms with Crippen LogP contribution in [0.15, 0.2) is 49.1 Å². The third kappa shape index (κ3) is 4.99. The molecule has 0 atom stereocenters. The summed E-state index contributed by atoms with van der Waals surface area (Å²) in [5, 5.41) is 17.6. The van der Waals surface area contributed by atoms with Gasteiger partial charge in [-0.1, -0.05) is 24.2 Å². The van der Waals surface area contributed by atoms with E-state index in [1.54, 1.807) is 25.1 Å². The molecule has 0 spiro atoms. The number of ether oxygens (including phenoxy) is 1. The van der Waals surface area contributed by atoms with Gasteiger partial charge in [-0.05, 0) is 62.2 Å². The van der Waals surface area contributed by atoms with Crippen molar-refractivity contribution in [3.63, 3.8) is 0 Å². The summed E-state index contributed by atoms with van der Waals surface area (Å²) in [5.41, 5.74) is 3.18. The zero-order valence-electron chi connectivity index (χ0n) is 17.3.